The molecule has 0 spiro atoms. The van der Waals surface area contributed by atoms with Gasteiger partial charge in [0, 0.05) is 41.9 Å². The number of aliphatic hydroxyl groups is 1. The first-order chi connectivity index (χ1) is 19.5. The molecule has 0 saturated carbocycles. The molecule has 3 atom stereocenters. The molecule has 1 amide bonds. The fourth-order valence-electron chi connectivity index (χ4n) is 5.12. The van der Waals surface area contributed by atoms with Crippen LogP contribution in [-0.2, 0) is 16.4 Å². The van der Waals surface area contributed by atoms with Gasteiger partial charge in [0.25, 0.3) is 5.91 Å². The van der Waals surface area contributed by atoms with Crippen molar-refractivity contribution >= 4 is 51.3 Å². The molecule has 4 N–H and O–H groups in total. The van der Waals surface area contributed by atoms with E-state index in [4.69, 9.17) is 11.6 Å². The molecule has 0 aliphatic carbocycles. The van der Waals surface area contributed by atoms with Gasteiger partial charge in [-0.15, -0.1) is 12.4 Å². The molecule has 2 aromatic rings. The summed E-state index contributed by atoms with van der Waals surface area (Å²) in [5.74, 6) is 0.375. The molecule has 11 heteroatoms. The molecule has 1 fully saturated rings. The Hall–Kier alpha value is -2.04. The maximum absolute atomic E-state index is 13.6. The quantitative estimate of drug-likeness (QED) is 0.200. The molecule has 0 bridgehead atoms. The van der Waals surface area contributed by atoms with Crippen molar-refractivity contribution in [3.05, 3.63) is 58.6 Å². The Kier molecular flexibility index (Phi) is 14.9. The van der Waals surface area contributed by atoms with Gasteiger partial charge in [-0.05, 0) is 81.3 Å². The number of sulfonamides is 1. The van der Waals surface area contributed by atoms with Gasteiger partial charge < -0.3 is 21.1 Å². The second-order valence-corrected chi connectivity index (χ2v) is 14.0. The lowest BCUT2D eigenvalue weighted by molar-refractivity contribution is 0.0825. The van der Waals surface area contributed by atoms with Crippen molar-refractivity contribution in [2.45, 2.75) is 84.4 Å². The number of benzene rings is 2. The zero-order valence-electron chi connectivity index (χ0n) is 25.2. The molecular formula is C31H48Cl2N4O4S. The predicted molar refractivity (Wildman–Crippen MR) is 177 cm³/mol. The lowest BCUT2D eigenvalue weighted by Gasteiger charge is -2.29. The topological polar surface area (TPSA) is 111 Å². The Morgan fingerprint density at radius 1 is 1.10 bits per heavy atom. The molecular weight excluding hydrogens is 595 g/mol. The van der Waals surface area contributed by atoms with E-state index >= 15 is 0 Å². The molecule has 2 aromatic carbocycles. The van der Waals surface area contributed by atoms with E-state index in [9.17, 15) is 18.3 Å². The Morgan fingerprint density at radius 3 is 2.52 bits per heavy atom. The second-order valence-electron chi connectivity index (χ2n) is 11.5. The van der Waals surface area contributed by atoms with Crippen LogP contribution in [0.5, 0.6) is 0 Å². The fourth-order valence-corrected chi connectivity index (χ4v) is 6.96. The smallest absolute Gasteiger partial charge is 0.251 e. The summed E-state index contributed by atoms with van der Waals surface area (Å²) in [6.07, 6.45) is 4.21. The number of halogens is 2. The van der Waals surface area contributed by atoms with Gasteiger partial charge in [-0.25, -0.2) is 8.42 Å². The molecule has 1 aliphatic heterocycles. The van der Waals surface area contributed by atoms with E-state index in [1.54, 1.807) is 24.3 Å². The summed E-state index contributed by atoms with van der Waals surface area (Å²) in [6.45, 7) is 9.81. The zero-order chi connectivity index (χ0) is 30.0. The highest BCUT2D eigenvalue weighted by Gasteiger charge is 2.28. The highest BCUT2D eigenvalue weighted by atomic mass is 35.5. The van der Waals surface area contributed by atoms with Crippen molar-refractivity contribution in [3.63, 3.8) is 0 Å². The molecule has 1 saturated heterocycles. The third-order valence-corrected chi connectivity index (χ3v) is 9.52. The van der Waals surface area contributed by atoms with Gasteiger partial charge in [0.1, 0.15) is 0 Å². The highest BCUT2D eigenvalue weighted by molar-refractivity contribution is 7.92. The van der Waals surface area contributed by atoms with Crippen molar-refractivity contribution in [1.29, 1.82) is 0 Å². The van der Waals surface area contributed by atoms with Gasteiger partial charge in [0.2, 0.25) is 10.0 Å². The summed E-state index contributed by atoms with van der Waals surface area (Å²) < 4.78 is 27.0. The molecule has 1 aliphatic rings. The summed E-state index contributed by atoms with van der Waals surface area (Å²) in [5.41, 5.74) is 2.36. The van der Waals surface area contributed by atoms with E-state index < -0.39 is 22.2 Å². The van der Waals surface area contributed by atoms with Gasteiger partial charge >= 0.3 is 0 Å². The lowest BCUT2D eigenvalue weighted by Crippen LogP contribution is -2.49. The van der Waals surface area contributed by atoms with Crippen LogP contribution in [-0.4, -0.2) is 63.0 Å². The van der Waals surface area contributed by atoms with Crippen molar-refractivity contribution in [1.82, 2.24) is 10.6 Å². The van der Waals surface area contributed by atoms with Crippen LogP contribution in [0.3, 0.4) is 0 Å². The zero-order valence-corrected chi connectivity index (χ0v) is 27.6. The van der Waals surface area contributed by atoms with Crippen molar-refractivity contribution in [2.75, 3.05) is 35.0 Å². The van der Waals surface area contributed by atoms with Crippen molar-refractivity contribution in [3.8, 4) is 0 Å². The summed E-state index contributed by atoms with van der Waals surface area (Å²) in [6, 6.07) is 12.1. The number of anilines is 2. The first-order valence-corrected chi connectivity index (χ1v) is 16.8. The molecule has 1 unspecified atom stereocenters. The first kappa shape index (κ1) is 36.2. The Labute approximate surface area is 263 Å². The third kappa shape index (κ3) is 11.2. The van der Waals surface area contributed by atoms with Gasteiger partial charge in [-0.2, -0.15) is 0 Å². The average Bonchev–Trinajstić information content (AvgIpc) is 2.91. The maximum atomic E-state index is 13.6. The van der Waals surface area contributed by atoms with E-state index in [-0.39, 0.29) is 30.1 Å². The monoisotopic (exact) mass is 642 g/mol. The number of rotatable bonds is 15. The number of carbonyl (C=O) groups is 1. The van der Waals surface area contributed by atoms with Crippen LogP contribution in [0.4, 0.5) is 11.4 Å². The number of nitrogens with zero attached hydrogens (tertiary/aromatic N) is 1. The fraction of sp³-hybridized carbons (Fsp3) is 0.581. The van der Waals surface area contributed by atoms with Crippen LogP contribution < -0.4 is 20.3 Å². The first-order valence-electron chi connectivity index (χ1n) is 14.8. The minimum absolute atomic E-state index is 0. The Morgan fingerprint density at radius 2 is 1.86 bits per heavy atom. The van der Waals surface area contributed by atoms with Gasteiger partial charge in [0.05, 0.1) is 23.6 Å². The number of hydrogen-bond donors (Lipinski definition) is 4. The molecule has 42 heavy (non-hydrogen) atoms. The van der Waals surface area contributed by atoms with Gasteiger partial charge in [0.15, 0.2) is 0 Å². The van der Waals surface area contributed by atoms with E-state index in [2.05, 4.69) is 36.7 Å². The largest absolute Gasteiger partial charge is 0.390 e. The van der Waals surface area contributed by atoms with Gasteiger partial charge in [-0.3, -0.25) is 9.10 Å². The van der Waals surface area contributed by atoms with E-state index in [0.29, 0.717) is 60.4 Å². The van der Waals surface area contributed by atoms with Crippen molar-refractivity contribution < 1.29 is 18.3 Å². The van der Waals surface area contributed by atoms with E-state index in [1.165, 1.54) is 4.31 Å². The van der Waals surface area contributed by atoms with Crippen molar-refractivity contribution in [2.24, 2.45) is 5.92 Å². The SMILES string of the molecule is CCNc1cc(C(=O)N[C@@H](Cc2cccc(Cl)c2)[C@H](O)CNC(C)CCCC(C)C)cc(N2CCCCS2(=O)=O)c1.Cl. The van der Waals surface area contributed by atoms with Crippen LogP contribution in [0.2, 0.25) is 5.02 Å². The van der Waals surface area contributed by atoms with Crippen LogP contribution in [0.15, 0.2) is 42.5 Å². The van der Waals surface area contributed by atoms with Crippen LogP contribution in [0.1, 0.15) is 75.7 Å². The van der Waals surface area contributed by atoms with E-state index in [0.717, 1.165) is 31.2 Å². The highest BCUT2D eigenvalue weighted by Crippen LogP contribution is 2.28. The average molecular weight is 644 g/mol. The summed E-state index contributed by atoms with van der Waals surface area (Å²) in [4.78, 5) is 13.6. The minimum atomic E-state index is -3.45. The predicted octanol–water partition coefficient (Wildman–Crippen LogP) is 5.63. The van der Waals surface area contributed by atoms with Crippen LogP contribution in [0, 0.1) is 5.92 Å². The standard InChI is InChI=1S/C31H47ClN4O4S.ClH/c1-5-33-27-18-25(19-28(20-27)36-14-6-7-15-41(36,39)40)31(38)35-29(17-24-12-9-13-26(32)16-24)30(37)21-34-23(4)11-8-10-22(2)3;/h9,12-13,16,18-20,22-23,29-30,33-34,37H,5-8,10-11,14-15,17,21H2,1-4H3,(H,35,38);1H/t23?,29-,30+;/m0./s1. The summed E-state index contributed by atoms with van der Waals surface area (Å²) in [7, 11) is -3.45. The molecule has 8 nitrogen and oxygen atoms in total. The molecule has 1 heterocycles. The van der Waals surface area contributed by atoms with Gasteiger partial charge in [-0.1, -0.05) is 50.4 Å². The number of aliphatic hydroxyl groups excluding tert-OH is 1. The number of nitrogens with one attached hydrogen (secondary N) is 3. The van der Waals surface area contributed by atoms with Crippen LogP contribution >= 0.6 is 24.0 Å². The normalized spacial score (nSPS) is 16.8. The Bertz CT molecular complexity index is 1250. The second kappa shape index (κ2) is 17.3. The molecule has 3 rings (SSSR count). The number of hydrogen-bond acceptors (Lipinski definition) is 6. The molecule has 0 aromatic heterocycles. The molecule has 0 radical (unpaired) electrons. The number of amides is 1. The van der Waals surface area contributed by atoms with E-state index in [1.807, 2.05) is 25.1 Å². The third-order valence-electron chi connectivity index (χ3n) is 7.42. The van der Waals surface area contributed by atoms with Crippen LogP contribution in [0.25, 0.3) is 0 Å². The Balaban J connectivity index is 0.00000616. The summed E-state index contributed by atoms with van der Waals surface area (Å²) in [5, 5.41) is 21.5. The number of carbonyl (C=O) groups excluding carboxylic acids is 1. The minimum Gasteiger partial charge on any atom is -0.390 e. The summed E-state index contributed by atoms with van der Waals surface area (Å²) >= 11 is 6.22. The molecule has 236 valence electrons. The lowest BCUT2D eigenvalue weighted by atomic mass is 9.99. The maximum Gasteiger partial charge on any atom is 0.251 e.